The first-order chi connectivity index (χ1) is 21.4. The van der Waals surface area contributed by atoms with Crippen LogP contribution in [0.3, 0.4) is 0 Å². The minimum absolute atomic E-state index is 0.0886. The average Bonchev–Trinajstić information content (AvgIpc) is 3.00. The molecule has 0 spiro atoms. The molecule has 0 aliphatic rings. The topological polar surface area (TPSA) is 86.8 Å². The largest absolute Gasteiger partial charge is 0.352 e. The van der Waals surface area contributed by atoms with E-state index in [2.05, 4.69) is 5.32 Å². The van der Waals surface area contributed by atoms with Crippen LogP contribution in [0.15, 0.2) is 102 Å². The van der Waals surface area contributed by atoms with Crippen molar-refractivity contribution in [2.75, 3.05) is 10.8 Å². The van der Waals surface area contributed by atoms with Crippen molar-refractivity contribution in [3.05, 3.63) is 130 Å². The lowest BCUT2D eigenvalue weighted by Gasteiger charge is -2.35. The molecule has 0 saturated carbocycles. The van der Waals surface area contributed by atoms with E-state index >= 15 is 0 Å². The Hall–Kier alpha value is -4.43. The van der Waals surface area contributed by atoms with Crippen LogP contribution < -0.4 is 9.62 Å². The number of hydrogen-bond donors (Lipinski definition) is 1. The van der Waals surface area contributed by atoms with E-state index in [0.29, 0.717) is 11.3 Å². The SMILES string of the molecule is Cc1ccc(S(=O)(=O)N(CC(=O)N(Cc2ccccc2C)[C@H](Cc2ccccc2)C(=O)NC(C)C)c2cc(C)ccc2C)cc1. The number of nitrogens with zero attached hydrogens (tertiary/aromatic N) is 2. The summed E-state index contributed by atoms with van der Waals surface area (Å²) in [6.45, 7) is 11.0. The number of carbonyl (C=O) groups is 2. The van der Waals surface area contributed by atoms with Gasteiger partial charge >= 0.3 is 0 Å². The molecule has 4 aromatic rings. The number of amides is 2. The summed E-state index contributed by atoms with van der Waals surface area (Å²) >= 11 is 0. The fraction of sp³-hybridized carbons (Fsp3) is 0.297. The number of sulfonamides is 1. The van der Waals surface area contributed by atoms with Gasteiger partial charge in [-0.3, -0.25) is 13.9 Å². The lowest BCUT2D eigenvalue weighted by molar-refractivity contribution is -0.140. The maximum atomic E-state index is 14.6. The van der Waals surface area contributed by atoms with Gasteiger partial charge in [0.2, 0.25) is 11.8 Å². The fourth-order valence-electron chi connectivity index (χ4n) is 5.24. The van der Waals surface area contributed by atoms with Crippen LogP contribution in [0.1, 0.15) is 47.2 Å². The minimum Gasteiger partial charge on any atom is -0.352 e. The van der Waals surface area contributed by atoms with Gasteiger partial charge in [0.25, 0.3) is 10.0 Å². The molecule has 0 aliphatic heterocycles. The van der Waals surface area contributed by atoms with Gasteiger partial charge in [-0.05, 0) is 87.6 Å². The number of nitrogens with one attached hydrogen (secondary N) is 1. The van der Waals surface area contributed by atoms with Crippen molar-refractivity contribution in [3.8, 4) is 0 Å². The molecule has 8 heteroatoms. The standard InChI is InChI=1S/C37H43N3O4S/c1-26(2)38-37(42)35(23-31-13-8-7-9-14-31)39(24-32-15-11-10-12-29(32)5)36(41)25-40(34-22-28(4)16-19-30(34)6)45(43,44)33-20-17-27(3)18-21-33/h7-22,26,35H,23-25H2,1-6H3,(H,38,42)/t35-/m1/s1. The highest BCUT2D eigenvalue weighted by Crippen LogP contribution is 2.29. The summed E-state index contributed by atoms with van der Waals surface area (Å²) in [6, 6.07) is 28.4. The molecule has 236 valence electrons. The fourth-order valence-corrected chi connectivity index (χ4v) is 6.72. The molecule has 7 nitrogen and oxygen atoms in total. The van der Waals surface area contributed by atoms with E-state index in [1.54, 1.807) is 30.3 Å². The first kappa shape index (κ1) is 33.5. The highest BCUT2D eigenvalue weighted by Gasteiger charge is 2.35. The van der Waals surface area contributed by atoms with Gasteiger partial charge in [-0.1, -0.05) is 84.4 Å². The number of aryl methyl sites for hydroxylation is 4. The first-order valence-electron chi connectivity index (χ1n) is 15.2. The molecule has 0 bridgehead atoms. The summed E-state index contributed by atoms with van der Waals surface area (Å²) in [6.07, 6.45) is 0.269. The Morgan fingerprint density at radius 3 is 2.02 bits per heavy atom. The molecule has 1 atom stereocenters. The van der Waals surface area contributed by atoms with Gasteiger partial charge in [-0.2, -0.15) is 0 Å². The third-order valence-corrected chi connectivity index (χ3v) is 9.60. The Labute approximate surface area is 268 Å². The van der Waals surface area contributed by atoms with Crippen LogP contribution in [0.4, 0.5) is 5.69 Å². The highest BCUT2D eigenvalue weighted by atomic mass is 32.2. The van der Waals surface area contributed by atoms with Gasteiger partial charge in [0.05, 0.1) is 10.6 Å². The zero-order valence-electron chi connectivity index (χ0n) is 26.9. The van der Waals surface area contributed by atoms with E-state index in [4.69, 9.17) is 0 Å². The molecular weight excluding hydrogens is 582 g/mol. The van der Waals surface area contributed by atoms with Crippen molar-refractivity contribution >= 4 is 27.5 Å². The molecule has 0 aliphatic carbocycles. The Kier molecular flexibility index (Phi) is 10.8. The number of hydrogen-bond acceptors (Lipinski definition) is 4. The zero-order chi connectivity index (χ0) is 32.7. The number of benzene rings is 4. The van der Waals surface area contributed by atoms with Gasteiger partial charge in [-0.25, -0.2) is 8.42 Å². The summed E-state index contributed by atoms with van der Waals surface area (Å²) in [5.41, 5.74) is 5.66. The summed E-state index contributed by atoms with van der Waals surface area (Å²) in [7, 11) is -4.16. The molecule has 0 saturated heterocycles. The molecular formula is C37H43N3O4S. The molecule has 4 rings (SSSR count). The Morgan fingerprint density at radius 2 is 1.38 bits per heavy atom. The van der Waals surface area contributed by atoms with E-state index in [0.717, 1.165) is 27.8 Å². The molecule has 1 N–H and O–H groups in total. The third kappa shape index (κ3) is 8.39. The van der Waals surface area contributed by atoms with Crippen LogP contribution in [0.5, 0.6) is 0 Å². The van der Waals surface area contributed by atoms with Crippen molar-refractivity contribution in [1.82, 2.24) is 10.2 Å². The van der Waals surface area contributed by atoms with Gasteiger partial charge in [-0.15, -0.1) is 0 Å². The molecule has 0 heterocycles. The Bertz CT molecular complexity index is 1740. The van der Waals surface area contributed by atoms with Crippen molar-refractivity contribution in [2.45, 2.75) is 71.5 Å². The number of carbonyl (C=O) groups excluding carboxylic acids is 2. The van der Waals surface area contributed by atoms with Crippen LogP contribution >= 0.6 is 0 Å². The normalized spacial score (nSPS) is 12.1. The predicted molar refractivity (Wildman–Crippen MR) is 181 cm³/mol. The Morgan fingerprint density at radius 1 is 0.756 bits per heavy atom. The second-order valence-corrected chi connectivity index (χ2v) is 13.8. The van der Waals surface area contributed by atoms with Crippen molar-refractivity contribution in [3.63, 3.8) is 0 Å². The molecule has 0 unspecified atom stereocenters. The monoisotopic (exact) mass is 625 g/mol. The van der Waals surface area contributed by atoms with Crippen molar-refractivity contribution in [1.29, 1.82) is 0 Å². The first-order valence-corrected chi connectivity index (χ1v) is 16.7. The summed E-state index contributed by atoms with van der Waals surface area (Å²) < 4.78 is 29.8. The van der Waals surface area contributed by atoms with Crippen molar-refractivity contribution in [2.24, 2.45) is 0 Å². The smallest absolute Gasteiger partial charge is 0.264 e. The van der Waals surface area contributed by atoms with Crippen LogP contribution in [-0.4, -0.2) is 43.8 Å². The number of rotatable bonds is 12. The van der Waals surface area contributed by atoms with Gasteiger partial charge in [0.15, 0.2) is 0 Å². The lowest BCUT2D eigenvalue weighted by atomic mass is 10.0. The second-order valence-electron chi connectivity index (χ2n) is 11.9. The second kappa shape index (κ2) is 14.6. The van der Waals surface area contributed by atoms with Crippen molar-refractivity contribution < 1.29 is 18.0 Å². The quantitative estimate of drug-likeness (QED) is 0.201. The van der Waals surface area contributed by atoms with Gasteiger partial charge in [0, 0.05) is 19.0 Å². The van der Waals surface area contributed by atoms with Crippen LogP contribution in [-0.2, 0) is 32.6 Å². The molecule has 2 amide bonds. The van der Waals surface area contributed by atoms with E-state index in [1.807, 2.05) is 108 Å². The van der Waals surface area contributed by atoms with Gasteiger partial charge in [0.1, 0.15) is 12.6 Å². The van der Waals surface area contributed by atoms with Crippen LogP contribution in [0.2, 0.25) is 0 Å². The zero-order valence-corrected chi connectivity index (χ0v) is 27.8. The molecule has 45 heavy (non-hydrogen) atoms. The minimum atomic E-state index is -4.16. The van der Waals surface area contributed by atoms with E-state index < -0.39 is 28.5 Å². The van der Waals surface area contributed by atoms with Crippen LogP contribution in [0.25, 0.3) is 0 Å². The van der Waals surface area contributed by atoms with Crippen LogP contribution in [0, 0.1) is 27.7 Å². The summed E-state index contributed by atoms with van der Waals surface area (Å²) in [5.74, 6) is -0.773. The van der Waals surface area contributed by atoms with E-state index in [1.165, 1.54) is 9.21 Å². The predicted octanol–water partition coefficient (Wildman–Crippen LogP) is 6.28. The molecule has 0 radical (unpaired) electrons. The average molecular weight is 626 g/mol. The molecule has 4 aromatic carbocycles. The summed E-state index contributed by atoms with van der Waals surface area (Å²) in [5, 5.41) is 3.00. The molecule has 0 fully saturated rings. The maximum Gasteiger partial charge on any atom is 0.264 e. The van der Waals surface area contributed by atoms with E-state index in [-0.39, 0.29) is 29.8 Å². The maximum absolute atomic E-state index is 14.6. The molecule has 0 aromatic heterocycles. The number of anilines is 1. The van der Waals surface area contributed by atoms with E-state index in [9.17, 15) is 18.0 Å². The highest BCUT2D eigenvalue weighted by molar-refractivity contribution is 7.92. The van der Waals surface area contributed by atoms with Gasteiger partial charge < -0.3 is 10.2 Å². The third-order valence-electron chi connectivity index (χ3n) is 7.83. The Balaban J connectivity index is 1.84. The summed E-state index contributed by atoms with van der Waals surface area (Å²) in [4.78, 5) is 30.1. The lowest BCUT2D eigenvalue weighted by Crippen LogP contribution is -2.54.